The molecule has 2 aromatic carbocycles. The molecule has 2 aromatic rings. The molecule has 2 rings (SSSR count). The second-order valence-corrected chi connectivity index (χ2v) is 4.48. The van der Waals surface area contributed by atoms with Crippen molar-refractivity contribution in [3.8, 4) is 5.75 Å². The molecule has 0 atom stereocenters. The van der Waals surface area contributed by atoms with Crippen LogP contribution in [-0.4, -0.2) is 10.2 Å². The number of phenolic OH excluding ortho intramolecular Hbond substituents is 1. The van der Waals surface area contributed by atoms with Gasteiger partial charge in [-0.15, -0.1) is 0 Å². The highest BCUT2D eigenvalue weighted by atomic mass is 35.5. The van der Waals surface area contributed by atoms with Gasteiger partial charge in [-0.05, 0) is 60.7 Å². The zero-order chi connectivity index (χ0) is 13.0. The lowest BCUT2D eigenvalue weighted by molar-refractivity contribution is 0.475. The number of thiocarbonyl (C=S) groups is 1. The van der Waals surface area contributed by atoms with Crippen molar-refractivity contribution in [3.05, 3.63) is 53.6 Å². The number of nitrogens with one attached hydrogen (secondary N) is 2. The Hall–Kier alpha value is -1.78. The van der Waals surface area contributed by atoms with Crippen molar-refractivity contribution in [3.63, 3.8) is 0 Å². The smallest absolute Gasteiger partial charge is 0.175 e. The Bertz CT molecular complexity index is 490. The monoisotopic (exact) mass is 278 g/mol. The van der Waals surface area contributed by atoms with Crippen LogP contribution in [0, 0.1) is 0 Å². The van der Waals surface area contributed by atoms with Crippen molar-refractivity contribution in [1.82, 2.24) is 0 Å². The SMILES string of the molecule is Oc1ccc(NC(=S)Nc2ccc(Cl)cc2)cc1. The minimum atomic E-state index is 0.220. The van der Waals surface area contributed by atoms with Gasteiger partial charge in [-0.1, -0.05) is 11.6 Å². The van der Waals surface area contributed by atoms with Gasteiger partial charge in [0.2, 0.25) is 0 Å². The molecule has 0 fully saturated rings. The van der Waals surface area contributed by atoms with Crippen molar-refractivity contribution < 1.29 is 5.11 Å². The van der Waals surface area contributed by atoms with Crippen LogP contribution >= 0.6 is 23.8 Å². The molecule has 0 heterocycles. The van der Waals surface area contributed by atoms with E-state index in [1.54, 1.807) is 36.4 Å². The summed E-state index contributed by atoms with van der Waals surface area (Å²) in [7, 11) is 0. The van der Waals surface area contributed by atoms with Gasteiger partial charge in [0.05, 0.1) is 0 Å². The van der Waals surface area contributed by atoms with Gasteiger partial charge < -0.3 is 15.7 Å². The molecule has 0 amide bonds. The summed E-state index contributed by atoms with van der Waals surface area (Å²) in [6.07, 6.45) is 0. The molecule has 5 heteroatoms. The minimum absolute atomic E-state index is 0.220. The molecular formula is C13H11ClN2OS. The zero-order valence-electron chi connectivity index (χ0n) is 9.35. The van der Waals surface area contributed by atoms with Crippen LogP contribution in [0.4, 0.5) is 11.4 Å². The third-order valence-corrected chi connectivity index (χ3v) is 2.68. The summed E-state index contributed by atoms with van der Waals surface area (Å²) in [5.74, 6) is 0.220. The average Bonchev–Trinajstić information content (AvgIpc) is 2.35. The highest BCUT2D eigenvalue weighted by molar-refractivity contribution is 7.80. The maximum atomic E-state index is 9.16. The largest absolute Gasteiger partial charge is 0.508 e. The summed E-state index contributed by atoms with van der Waals surface area (Å²) >= 11 is 11.0. The normalized spacial score (nSPS) is 9.83. The van der Waals surface area contributed by atoms with Crippen molar-refractivity contribution in [2.24, 2.45) is 0 Å². The number of anilines is 2. The van der Waals surface area contributed by atoms with E-state index >= 15 is 0 Å². The molecule has 92 valence electrons. The Morgan fingerprint density at radius 3 is 1.83 bits per heavy atom. The first-order chi connectivity index (χ1) is 8.63. The van der Waals surface area contributed by atoms with Gasteiger partial charge in [0.25, 0.3) is 0 Å². The van der Waals surface area contributed by atoms with Gasteiger partial charge in [0.15, 0.2) is 5.11 Å². The fourth-order valence-electron chi connectivity index (χ4n) is 1.37. The number of benzene rings is 2. The van der Waals surface area contributed by atoms with E-state index in [1.807, 2.05) is 12.1 Å². The van der Waals surface area contributed by atoms with Crippen LogP contribution in [0.15, 0.2) is 48.5 Å². The van der Waals surface area contributed by atoms with E-state index in [9.17, 15) is 0 Å². The van der Waals surface area contributed by atoms with Gasteiger partial charge in [-0.25, -0.2) is 0 Å². The number of aromatic hydroxyl groups is 1. The van der Waals surface area contributed by atoms with Gasteiger partial charge >= 0.3 is 0 Å². The standard InChI is InChI=1S/C13H11ClN2OS/c14-9-1-3-10(4-2-9)15-13(18)16-11-5-7-12(17)8-6-11/h1-8,17H,(H2,15,16,18). The maximum absolute atomic E-state index is 9.16. The van der Waals surface area contributed by atoms with Crippen molar-refractivity contribution in [2.75, 3.05) is 10.6 Å². The van der Waals surface area contributed by atoms with E-state index in [1.165, 1.54) is 0 Å². The van der Waals surface area contributed by atoms with Crippen LogP contribution < -0.4 is 10.6 Å². The number of phenols is 1. The first-order valence-corrected chi connectivity index (χ1v) is 6.05. The minimum Gasteiger partial charge on any atom is -0.508 e. The highest BCUT2D eigenvalue weighted by Gasteiger charge is 1.99. The zero-order valence-corrected chi connectivity index (χ0v) is 10.9. The Labute approximate surface area is 115 Å². The lowest BCUT2D eigenvalue weighted by Gasteiger charge is -2.10. The third-order valence-electron chi connectivity index (χ3n) is 2.23. The fourth-order valence-corrected chi connectivity index (χ4v) is 1.73. The van der Waals surface area contributed by atoms with E-state index in [-0.39, 0.29) is 5.75 Å². The third kappa shape index (κ3) is 3.61. The van der Waals surface area contributed by atoms with Crippen molar-refractivity contribution in [2.45, 2.75) is 0 Å². The molecule has 18 heavy (non-hydrogen) atoms. The first kappa shape index (κ1) is 12.7. The molecule has 0 saturated heterocycles. The Morgan fingerprint density at radius 1 is 0.889 bits per heavy atom. The van der Waals surface area contributed by atoms with E-state index in [0.717, 1.165) is 11.4 Å². The molecular weight excluding hydrogens is 268 g/mol. The first-order valence-electron chi connectivity index (χ1n) is 5.26. The molecule has 3 nitrogen and oxygen atoms in total. The van der Waals surface area contributed by atoms with Crippen molar-refractivity contribution in [1.29, 1.82) is 0 Å². The summed E-state index contributed by atoms with van der Waals surface area (Å²) in [4.78, 5) is 0. The maximum Gasteiger partial charge on any atom is 0.175 e. The van der Waals surface area contributed by atoms with Crippen LogP contribution in [0.2, 0.25) is 5.02 Å². The lowest BCUT2D eigenvalue weighted by Crippen LogP contribution is -2.18. The molecule has 0 radical (unpaired) electrons. The molecule has 0 aliphatic rings. The molecule has 0 saturated carbocycles. The van der Waals surface area contributed by atoms with E-state index in [2.05, 4.69) is 10.6 Å². The molecule has 0 spiro atoms. The second-order valence-electron chi connectivity index (χ2n) is 3.63. The van der Waals surface area contributed by atoms with E-state index < -0.39 is 0 Å². The quantitative estimate of drug-likeness (QED) is 0.577. The topological polar surface area (TPSA) is 44.3 Å². The number of hydrogen-bond donors (Lipinski definition) is 3. The molecule has 0 aliphatic heterocycles. The van der Waals surface area contributed by atoms with Crippen LogP contribution in [0.1, 0.15) is 0 Å². The molecule has 0 aliphatic carbocycles. The number of hydrogen-bond acceptors (Lipinski definition) is 2. The van der Waals surface area contributed by atoms with Crippen LogP contribution in [0.25, 0.3) is 0 Å². The Balaban J connectivity index is 1.96. The Kier molecular flexibility index (Phi) is 4.02. The van der Waals surface area contributed by atoms with Gasteiger partial charge in [0.1, 0.15) is 5.75 Å². The van der Waals surface area contributed by atoms with Gasteiger partial charge in [-0.2, -0.15) is 0 Å². The molecule has 0 unspecified atom stereocenters. The van der Waals surface area contributed by atoms with E-state index in [4.69, 9.17) is 28.9 Å². The highest BCUT2D eigenvalue weighted by Crippen LogP contribution is 2.16. The Morgan fingerprint density at radius 2 is 1.33 bits per heavy atom. The summed E-state index contributed by atoms with van der Waals surface area (Å²) in [6, 6.07) is 13.9. The van der Waals surface area contributed by atoms with Gasteiger partial charge in [0, 0.05) is 16.4 Å². The van der Waals surface area contributed by atoms with Crippen LogP contribution in [0.3, 0.4) is 0 Å². The lowest BCUT2D eigenvalue weighted by atomic mass is 10.3. The van der Waals surface area contributed by atoms with E-state index in [0.29, 0.717) is 10.1 Å². The average molecular weight is 279 g/mol. The molecule has 0 bridgehead atoms. The summed E-state index contributed by atoms with van der Waals surface area (Å²) < 4.78 is 0. The fraction of sp³-hybridized carbons (Fsp3) is 0. The van der Waals surface area contributed by atoms with Crippen molar-refractivity contribution >= 4 is 40.3 Å². The number of rotatable bonds is 2. The summed E-state index contributed by atoms with van der Waals surface area (Å²) in [5.41, 5.74) is 1.66. The van der Waals surface area contributed by atoms with Gasteiger partial charge in [-0.3, -0.25) is 0 Å². The van der Waals surface area contributed by atoms with Crippen LogP contribution in [-0.2, 0) is 0 Å². The van der Waals surface area contributed by atoms with Crippen LogP contribution in [0.5, 0.6) is 5.75 Å². The predicted molar refractivity (Wildman–Crippen MR) is 79.4 cm³/mol. The summed E-state index contributed by atoms with van der Waals surface area (Å²) in [5, 5.41) is 16.4. The predicted octanol–water partition coefficient (Wildman–Crippen LogP) is 3.85. The summed E-state index contributed by atoms with van der Waals surface area (Å²) in [6.45, 7) is 0. The molecule has 3 N–H and O–H groups in total. The second kappa shape index (κ2) is 5.71. The molecule has 0 aromatic heterocycles. The number of halogens is 1.